The maximum atomic E-state index is 10.0. The van der Waals surface area contributed by atoms with Crippen LogP contribution in [-0.4, -0.2) is 12.6 Å². The molecule has 0 aliphatic rings. The van der Waals surface area contributed by atoms with Crippen molar-refractivity contribution in [2.24, 2.45) is 0 Å². The van der Waals surface area contributed by atoms with E-state index in [-0.39, 0.29) is 12.4 Å². The number of furan rings is 2. The van der Waals surface area contributed by atoms with E-state index in [1.54, 1.807) is 24.3 Å². The average Bonchev–Trinajstić information content (AvgIpc) is 3.07. The van der Waals surface area contributed by atoms with Crippen LogP contribution >= 0.6 is 11.6 Å². The van der Waals surface area contributed by atoms with Crippen LogP contribution in [0.25, 0.3) is 0 Å². The van der Waals surface area contributed by atoms with Crippen molar-refractivity contribution in [1.82, 2.24) is 0 Å². The number of quaternary nitrogens is 1. The molecule has 0 unspecified atom stereocenters. The summed E-state index contributed by atoms with van der Waals surface area (Å²) < 4.78 is 9.83. The molecule has 0 saturated heterocycles. The second-order valence-corrected chi connectivity index (χ2v) is 3.49. The second-order valence-electron chi connectivity index (χ2n) is 3.23. The fraction of sp³-hybridized carbons (Fsp3) is 0.167. The molecule has 0 aliphatic carbocycles. The minimum absolute atomic E-state index is 0. The van der Waals surface area contributed by atoms with E-state index in [4.69, 9.17) is 20.4 Å². The lowest BCUT2D eigenvalue weighted by molar-refractivity contribution is -0.390. The van der Waals surface area contributed by atoms with Crippen LogP contribution in [0.4, 0.5) is 0 Å². The fourth-order valence-electron chi connectivity index (χ4n) is 1.12. The van der Waals surface area contributed by atoms with Crippen LogP contribution in [0.15, 0.2) is 33.1 Å². The summed E-state index contributed by atoms with van der Waals surface area (Å²) in [5.74, 6) is 2.38. The van der Waals surface area contributed by atoms with E-state index in [2.05, 4.69) is 5.73 Å². The summed E-state index contributed by atoms with van der Waals surface area (Å²) in [6.45, 7) is 0.591. The molecule has 0 amide bonds. The molecule has 2 aromatic rings. The van der Waals surface area contributed by atoms with Gasteiger partial charge in [-0.2, -0.15) is 0 Å². The zero-order valence-electron chi connectivity index (χ0n) is 9.97. The number of halogens is 2. The molecule has 0 radical (unpaired) electrons. The lowest BCUT2D eigenvalue weighted by Crippen LogP contribution is -3.00. The van der Waals surface area contributed by atoms with Crippen molar-refractivity contribution < 1.29 is 36.6 Å². The minimum atomic E-state index is 0. The molecular formula is C12H13Cl2NO4. The van der Waals surface area contributed by atoms with Crippen molar-refractivity contribution in [2.45, 2.75) is 12.4 Å². The third-order valence-corrected chi connectivity index (χ3v) is 2.24. The Morgan fingerprint density at radius 1 is 1.00 bits per heavy atom. The molecule has 5 nitrogen and oxygen atoms in total. The van der Waals surface area contributed by atoms with Crippen LogP contribution in [0.3, 0.4) is 0 Å². The summed E-state index contributed by atoms with van der Waals surface area (Å²) in [6, 6.07) is 6.64. The van der Waals surface area contributed by atoms with Gasteiger partial charge in [0.1, 0.15) is 12.3 Å². The van der Waals surface area contributed by atoms with E-state index < -0.39 is 0 Å². The average molecular weight is 306 g/mol. The summed E-state index contributed by atoms with van der Waals surface area (Å²) in [5, 5.41) is 0. The summed E-state index contributed by atoms with van der Waals surface area (Å²) in [5.41, 5.74) is 3.59. The van der Waals surface area contributed by atoms with E-state index >= 15 is 0 Å². The van der Waals surface area contributed by atoms with Gasteiger partial charge in [-0.1, -0.05) is 0 Å². The fourth-order valence-corrected chi connectivity index (χ4v) is 1.27. The molecule has 2 aromatic heterocycles. The zero-order valence-corrected chi connectivity index (χ0v) is 11.5. The predicted octanol–water partition coefficient (Wildman–Crippen LogP) is -1.33. The maximum absolute atomic E-state index is 10.0. The quantitative estimate of drug-likeness (QED) is 0.560. The van der Waals surface area contributed by atoms with Crippen LogP contribution in [-0.2, 0) is 12.4 Å². The Labute approximate surface area is 121 Å². The van der Waals surface area contributed by atoms with Gasteiger partial charge in [-0.05, 0) is 24.3 Å². The normalized spacial score (nSPS) is 8.95. The number of aldehydes is 2. The Kier molecular flexibility index (Phi) is 8.61. The standard InChI is InChI=1S/C6H5ClO2.C6H7NO2.ClH/c2*7-3-5-1-2-6(4-8)9-5;/h1-2,4H,3H2;1-2,4H,3,7H2;1H. The highest BCUT2D eigenvalue weighted by Gasteiger charge is 1.97. The van der Waals surface area contributed by atoms with E-state index in [9.17, 15) is 9.59 Å². The molecule has 0 aromatic carbocycles. The van der Waals surface area contributed by atoms with Crippen molar-refractivity contribution in [3.63, 3.8) is 0 Å². The predicted molar refractivity (Wildman–Crippen MR) is 64.3 cm³/mol. The Morgan fingerprint density at radius 2 is 1.47 bits per heavy atom. The zero-order chi connectivity index (χ0) is 13.4. The lowest BCUT2D eigenvalue weighted by Gasteiger charge is -1.81. The molecule has 0 atom stereocenters. The molecule has 2 heterocycles. The van der Waals surface area contributed by atoms with E-state index in [1.165, 1.54) is 0 Å². The molecular weight excluding hydrogens is 293 g/mol. The molecule has 0 spiro atoms. The molecule has 19 heavy (non-hydrogen) atoms. The lowest BCUT2D eigenvalue weighted by atomic mass is 10.4. The molecule has 7 heteroatoms. The summed E-state index contributed by atoms with van der Waals surface area (Å²) in [4.78, 5) is 20.0. The molecule has 0 fully saturated rings. The maximum Gasteiger partial charge on any atom is 0.185 e. The van der Waals surface area contributed by atoms with Crippen molar-refractivity contribution in [2.75, 3.05) is 0 Å². The molecule has 104 valence electrons. The Hall–Kier alpha value is -1.56. The van der Waals surface area contributed by atoms with Gasteiger partial charge < -0.3 is 27.0 Å². The van der Waals surface area contributed by atoms with Crippen LogP contribution in [0, 0.1) is 0 Å². The summed E-state index contributed by atoms with van der Waals surface area (Å²) in [6.07, 6.45) is 1.33. The Morgan fingerprint density at radius 3 is 1.74 bits per heavy atom. The van der Waals surface area contributed by atoms with Crippen molar-refractivity contribution in [1.29, 1.82) is 0 Å². The second kappa shape index (κ2) is 9.38. The highest BCUT2D eigenvalue weighted by Crippen LogP contribution is 2.07. The largest absolute Gasteiger partial charge is 1.00 e. The number of hydrogen-bond donors (Lipinski definition) is 1. The molecule has 2 rings (SSSR count). The van der Waals surface area contributed by atoms with Gasteiger partial charge in [-0.3, -0.25) is 9.59 Å². The van der Waals surface area contributed by atoms with Crippen LogP contribution in [0.2, 0.25) is 0 Å². The van der Waals surface area contributed by atoms with Crippen molar-refractivity contribution in [3.05, 3.63) is 47.3 Å². The number of alkyl halides is 1. The molecule has 0 aliphatic heterocycles. The molecule has 0 bridgehead atoms. The Balaban J connectivity index is 0.000000324. The highest BCUT2D eigenvalue weighted by atomic mass is 35.5. The number of carbonyl (C=O) groups is 2. The minimum Gasteiger partial charge on any atom is -1.00 e. The van der Waals surface area contributed by atoms with Crippen molar-refractivity contribution in [3.8, 4) is 0 Å². The first-order valence-electron chi connectivity index (χ1n) is 5.16. The molecule has 3 N–H and O–H groups in total. The van der Waals surface area contributed by atoms with Gasteiger partial charge >= 0.3 is 0 Å². The van der Waals surface area contributed by atoms with Gasteiger partial charge in [-0.15, -0.1) is 11.6 Å². The molecule has 0 saturated carbocycles. The smallest absolute Gasteiger partial charge is 0.185 e. The van der Waals surface area contributed by atoms with Gasteiger partial charge in [0.15, 0.2) is 29.9 Å². The van der Waals surface area contributed by atoms with Gasteiger partial charge in [-0.25, -0.2) is 0 Å². The van der Waals surface area contributed by atoms with Crippen LogP contribution in [0.1, 0.15) is 32.6 Å². The number of carbonyl (C=O) groups excluding carboxylic acids is 2. The van der Waals surface area contributed by atoms with Gasteiger partial charge in [0.05, 0.1) is 5.88 Å². The highest BCUT2D eigenvalue weighted by molar-refractivity contribution is 6.16. The number of hydrogen-bond acceptors (Lipinski definition) is 4. The monoisotopic (exact) mass is 305 g/mol. The van der Waals surface area contributed by atoms with Crippen LogP contribution < -0.4 is 18.1 Å². The van der Waals surface area contributed by atoms with Crippen LogP contribution in [0.5, 0.6) is 0 Å². The first-order chi connectivity index (χ1) is 8.73. The van der Waals surface area contributed by atoms with E-state index in [1.807, 2.05) is 0 Å². The number of rotatable bonds is 4. The van der Waals surface area contributed by atoms with Crippen molar-refractivity contribution >= 4 is 24.2 Å². The third-order valence-electron chi connectivity index (χ3n) is 1.98. The summed E-state index contributed by atoms with van der Waals surface area (Å²) in [7, 11) is 0. The van der Waals surface area contributed by atoms with E-state index in [0.29, 0.717) is 42.3 Å². The van der Waals surface area contributed by atoms with E-state index in [0.717, 1.165) is 5.76 Å². The SMILES string of the molecule is O=Cc1ccc(CCl)o1.[Cl-].[NH3+]Cc1ccc(C=O)o1. The topological polar surface area (TPSA) is 88.1 Å². The summed E-state index contributed by atoms with van der Waals surface area (Å²) >= 11 is 5.39. The third kappa shape index (κ3) is 5.74. The van der Waals surface area contributed by atoms with Gasteiger partial charge in [0.2, 0.25) is 0 Å². The first kappa shape index (κ1) is 17.4. The van der Waals surface area contributed by atoms with Gasteiger partial charge in [0, 0.05) is 0 Å². The Bertz CT molecular complexity index is 461. The van der Waals surface area contributed by atoms with Gasteiger partial charge in [0.25, 0.3) is 0 Å². The first-order valence-corrected chi connectivity index (χ1v) is 5.70.